The quantitative estimate of drug-likeness (QED) is 0.293. The second-order valence-electron chi connectivity index (χ2n) is 4.06. The molecule has 0 N–H and O–H groups in total. The first kappa shape index (κ1) is 17.8. The molecule has 0 saturated carbocycles. The molecule has 0 spiro atoms. The van der Waals surface area contributed by atoms with Gasteiger partial charge >= 0.3 is 0 Å². The van der Waals surface area contributed by atoms with E-state index in [4.69, 9.17) is 18.9 Å². The first-order valence-electron chi connectivity index (χ1n) is 6.84. The zero-order valence-electron chi connectivity index (χ0n) is 11.8. The van der Waals surface area contributed by atoms with E-state index in [-0.39, 0.29) is 0 Å². The van der Waals surface area contributed by atoms with Crippen molar-refractivity contribution in [2.24, 2.45) is 0 Å². The van der Waals surface area contributed by atoms with Crippen molar-refractivity contribution in [1.82, 2.24) is 0 Å². The fourth-order valence-electron chi connectivity index (χ4n) is 1.48. The highest BCUT2D eigenvalue weighted by Gasteiger charge is 1.93. The molecule has 0 bridgehead atoms. The Balaban J connectivity index is 1.77. The molecule has 5 heteroatoms. The molecule has 1 rings (SSSR count). The molecule has 0 aliphatic carbocycles. The maximum atomic E-state index is 5.51. The third-order valence-electron chi connectivity index (χ3n) is 2.45. The Morgan fingerprint density at radius 2 is 1.15 bits per heavy atom. The van der Waals surface area contributed by atoms with Crippen LogP contribution in [0.15, 0.2) is 30.3 Å². The van der Waals surface area contributed by atoms with Gasteiger partial charge < -0.3 is 18.9 Å². The first-order chi connectivity index (χ1) is 9.93. The lowest BCUT2D eigenvalue weighted by Crippen LogP contribution is -2.12. The van der Waals surface area contributed by atoms with E-state index in [2.05, 4.69) is 34.7 Å². The summed E-state index contributed by atoms with van der Waals surface area (Å²) >= 11 is 2.28. The molecule has 4 nitrogen and oxygen atoms in total. The highest BCUT2D eigenvalue weighted by Crippen LogP contribution is 1.99. The standard InChI is InChI=1S/C15H23IO4/c16-6-7-17-8-9-18-10-11-19-12-13-20-14-15-4-2-1-3-5-15/h1-5H,6-14H2. The molecule has 0 amide bonds. The van der Waals surface area contributed by atoms with Gasteiger partial charge in [-0.2, -0.15) is 0 Å². The highest BCUT2D eigenvalue weighted by atomic mass is 127. The summed E-state index contributed by atoms with van der Waals surface area (Å²) in [4.78, 5) is 0. The minimum Gasteiger partial charge on any atom is -0.378 e. The Morgan fingerprint density at radius 3 is 1.70 bits per heavy atom. The van der Waals surface area contributed by atoms with E-state index in [0.717, 1.165) is 11.0 Å². The number of benzene rings is 1. The number of hydrogen-bond donors (Lipinski definition) is 0. The highest BCUT2D eigenvalue weighted by molar-refractivity contribution is 14.1. The van der Waals surface area contributed by atoms with Crippen LogP contribution in [0.4, 0.5) is 0 Å². The van der Waals surface area contributed by atoms with Crippen molar-refractivity contribution in [3.8, 4) is 0 Å². The van der Waals surface area contributed by atoms with E-state index in [0.29, 0.717) is 46.2 Å². The smallest absolute Gasteiger partial charge is 0.0718 e. The minimum atomic E-state index is 0.598. The second-order valence-corrected chi connectivity index (χ2v) is 5.14. The van der Waals surface area contributed by atoms with Crippen LogP contribution in [-0.4, -0.2) is 50.7 Å². The number of alkyl halides is 1. The van der Waals surface area contributed by atoms with Gasteiger partial charge in [0.1, 0.15) is 0 Å². The molecule has 114 valence electrons. The summed E-state index contributed by atoms with van der Waals surface area (Å²) in [6, 6.07) is 10.1. The Morgan fingerprint density at radius 1 is 0.650 bits per heavy atom. The molecule has 0 saturated heterocycles. The van der Waals surface area contributed by atoms with Gasteiger partial charge in [-0.1, -0.05) is 52.9 Å². The van der Waals surface area contributed by atoms with Crippen LogP contribution < -0.4 is 0 Å². The molecule has 0 aliphatic rings. The zero-order valence-corrected chi connectivity index (χ0v) is 13.9. The van der Waals surface area contributed by atoms with E-state index in [1.165, 1.54) is 5.56 Å². The van der Waals surface area contributed by atoms with Crippen LogP contribution in [0.25, 0.3) is 0 Å². The number of ether oxygens (including phenoxy) is 4. The van der Waals surface area contributed by atoms with E-state index in [9.17, 15) is 0 Å². The fraction of sp³-hybridized carbons (Fsp3) is 0.600. The SMILES string of the molecule is ICCOCCOCCOCCOCc1ccccc1. The fourth-order valence-corrected chi connectivity index (χ4v) is 1.79. The lowest BCUT2D eigenvalue weighted by molar-refractivity contribution is -0.00253. The molecule has 0 aromatic heterocycles. The second kappa shape index (κ2) is 13.8. The van der Waals surface area contributed by atoms with Crippen LogP contribution in [0.5, 0.6) is 0 Å². The molecule has 0 heterocycles. The van der Waals surface area contributed by atoms with Gasteiger partial charge in [-0.3, -0.25) is 0 Å². The van der Waals surface area contributed by atoms with Gasteiger partial charge in [0.25, 0.3) is 0 Å². The van der Waals surface area contributed by atoms with Crippen LogP contribution in [0, 0.1) is 0 Å². The Hall–Kier alpha value is -0.210. The number of hydrogen-bond acceptors (Lipinski definition) is 4. The largest absolute Gasteiger partial charge is 0.378 e. The van der Waals surface area contributed by atoms with E-state index in [1.807, 2.05) is 18.2 Å². The predicted octanol–water partition coefficient (Wildman–Crippen LogP) is 2.69. The van der Waals surface area contributed by atoms with Crippen molar-refractivity contribution in [3.63, 3.8) is 0 Å². The van der Waals surface area contributed by atoms with Crippen LogP contribution >= 0.6 is 22.6 Å². The lowest BCUT2D eigenvalue weighted by atomic mass is 10.2. The van der Waals surface area contributed by atoms with Gasteiger partial charge in [0, 0.05) is 4.43 Å². The topological polar surface area (TPSA) is 36.9 Å². The average molecular weight is 394 g/mol. The van der Waals surface area contributed by atoms with Gasteiger partial charge in [-0.15, -0.1) is 0 Å². The summed E-state index contributed by atoms with van der Waals surface area (Å²) in [5.41, 5.74) is 1.18. The molecule has 0 fully saturated rings. The summed E-state index contributed by atoms with van der Waals surface area (Å²) in [7, 11) is 0. The Kier molecular flexibility index (Phi) is 12.3. The van der Waals surface area contributed by atoms with E-state index in [1.54, 1.807) is 0 Å². The zero-order chi connectivity index (χ0) is 14.3. The van der Waals surface area contributed by atoms with Crippen molar-refractivity contribution >= 4 is 22.6 Å². The first-order valence-corrected chi connectivity index (χ1v) is 8.37. The lowest BCUT2D eigenvalue weighted by Gasteiger charge is -2.07. The van der Waals surface area contributed by atoms with Crippen molar-refractivity contribution in [2.45, 2.75) is 6.61 Å². The van der Waals surface area contributed by atoms with E-state index < -0.39 is 0 Å². The molecule has 1 aromatic carbocycles. The number of rotatable bonds is 13. The summed E-state index contributed by atoms with van der Waals surface area (Å²) < 4.78 is 22.6. The maximum absolute atomic E-state index is 5.51. The molecular weight excluding hydrogens is 371 g/mol. The molecule has 20 heavy (non-hydrogen) atoms. The van der Waals surface area contributed by atoms with E-state index >= 15 is 0 Å². The molecule has 1 aromatic rings. The molecule has 0 radical (unpaired) electrons. The summed E-state index contributed by atoms with van der Waals surface area (Å²) in [6.07, 6.45) is 0. The predicted molar refractivity (Wildman–Crippen MR) is 87.4 cm³/mol. The van der Waals surface area contributed by atoms with Crippen LogP contribution in [0.1, 0.15) is 5.56 Å². The Labute approximate surface area is 134 Å². The van der Waals surface area contributed by atoms with Crippen molar-refractivity contribution in [3.05, 3.63) is 35.9 Å². The van der Waals surface area contributed by atoms with Crippen LogP contribution in [0.3, 0.4) is 0 Å². The maximum Gasteiger partial charge on any atom is 0.0718 e. The molecule has 0 aliphatic heterocycles. The Bertz CT molecular complexity index is 308. The van der Waals surface area contributed by atoms with Crippen molar-refractivity contribution < 1.29 is 18.9 Å². The molecule has 0 unspecified atom stereocenters. The summed E-state index contributed by atoms with van der Waals surface area (Å²) in [5.74, 6) is 0. The normalized spacial score (nSPS) is 10.8. The average Bonchev–Trinajstić information content (AvgIpc) is 2.49. The molecular formula is C15H23IO4. The monoisotopic (exact) mass is 394 g/mol. The van der Waals surface area contributed by atoms with Crippen molar-refractivity contribution in [2.75, 3.05) is 50.7 Å². The molecule has 0 atom stereocenters. The third kappa shape index (κ3) is 10.6. The van der Waals surface area contributed by atoms with Gasteiger partial charge in [-0.05, 0) is 5.56 Å². The summed E-state index contributed by atoms with van der Waals surface area (Å²) in [6.45, 7) is 5.12. The van der Waals surface area contributed by atoms with Gasteiger partial charge in [0.15, 0.2) is 0 Å². The van der Waals surface area contributed by atoms with Gasteiger partial charge in [0.2, 0.25) is 0 Å². The van der Waals surface area contributed by atoms with Crippen LogP contribution in [-0.2, 0) is 25.6 Å². The van der Waals surface area contributed by atoms with Crippen molar-refractivity contribution in [1.29, 1.82) is 0 Å². The minimum absolute atomic E-state index is 0.598. The third-order valence-corrected chi connectivity index (χ3v) is 2.89. The summed E-state index contributed by atoms with van der Waals surface area (Å²) in [5, 5.41) is 0. The number of halogens is 1. The van der Waals surface area contributed by atoms with Gasteiger partial charge in [-0.25, -0.2) is 0 Å². The van der Waals surface area contributed by atoms with Crippen LogP contribution in [0.2, 0.25) is 0 Å². The van der Waals surface area contributed by atoms with Gasteiger partial charge in [0.05, 0.1) is 52.9 Å².